The van der Waals surface area contributed by atoms with Gasteiger partial charge < -0.3 is 15.4 Å². The van der Waals surface area contributed by atoms with Gasteiger partial charge in [0.15, 0.2) is 0 Å². The Labute approximate surface area is 119 Å². The molecule has 0 radical (unpaired) electrons. The number of ether oxygens (including phenoxy) is 1. The fourth-order valence-electron chi connectivity index (χ4n) is 2.80. The Morgan fingerprint density at radius 2 is 2.10 bits per heavy atom. The quantitative estimate of drug-likeness (QED) is 0.908. The molecule has 0 atom stereocenters. The topological polar surface area (TPSA) is 63.7 Å². The second-order valence-corrected chi connectivity index (χ2v) is 5.28. The lowest BCUT2D eigenvalue weighted by Gasteiger charge is -2.32. The number of piperidine rings is 1. The maximum Gasteiger partial charge on any atom is 0.137 e. The van der Waals surface area contributed by atoms with Gasteiger partial charge in [-0.1, -0.05) is 0 Å². The first-order valence-corrected chi connectivity index (χ1v) is 7.01. The van der Waals surface area contributed by atoms with Crippen LogP contribution in [-0.4, -0.2) is 37.4 Å². The van der Waals surface area contributed by atoms with Gasteiger partial charge >= 0.3 is 0 Å². The SMILES string of the molecule is COc1ccc(N2CCC(C3=NCC(N)=C3)CC2)nc1. The number of pyridine rings is 1. The van der Waals surface area contributed by atoms with Gasteiger partial charge in [-0.2, -0.15) is 0 Å². The highest BCUT2D eigenvalue weighted by Crippen LogP contribution is 2.25. The summed E-state index contributed by atoms with van der Waals surface area (Å²) in [5.74, 6) is 2.36. The van der Waals surface area contributed by atoms with Crippen LogP contribution >= 0.6 is 0 Å². The number of aliphatic imine (C=N–C) groups is 1. The van der Waals surface area contributed by atoms with E-state index >= 15 is 0 Å². The molecule has 1 aromatic heterocycles. The molecule has 0 spiro atoms. The van der Waals surface area contributed by atoms with Gasteiger partial charge in [-0.25, -0.2) is 4.98 Å². The van der Waals surface area contributed by atoms with Crippen LogP contribution in [0.3, 0.4) is 0 Å². The molecule has 1 fully saturated rings. The van der Waals surface area contributed by atoms with Gasteiger partial charge in [0.05, 0.1) is 19.9 Å². The third-order valence-electron chi connectivity index (χ3n) is 3.97. The van der Waals surface area contributed by atoms with Crippen LogP contribution in [0.15, 0.2) is 35.1 Å². The molecule has 3 heterocycles. The number of rotatable bonds is 3. The summed E-state index contributed by atoms with van der Waals surface area (Å²) in [6.07, 6.45) is 6.03. The van der Waals surface area contributed by atoms with E-state index in [1.807, 2.05) is 18.2 Å². The monoisotopic (exact) mass is 272 g/mol. The molecule has 20 heavy (non-hydrogen) atoms. The summed E-state index contributed by atoms with van der Waals surface area (Å²) < 4.78 is 5.14. The molecule has 2 aliphatic heterocycles. The van der Waals surface area contributed by atoms with E-state index in [9.17, 15) is 0 Å². The Morgan fingerprint density at radius 1 is 1.30 bits per heavy atom. The predicted octanol–water partition coefficient (Wildman–Crippen LogP) is 1.60. The highest BCUT2D eigenvalue weighted by atomic mass is 16.5. The third kappa shape index (κ3) is 2.61. The molecule has 2 aliphatic rings. The molecule has 0 bridgehead atoms. The minimum Gasteiger partial charge on any atom is -0.495 e. The maximum absolute atomic E-state index is 5.79. The van der Waals surface area contributed by atoms with Crippen molar-refractivity contribution >= 4 is 11.5 Å². The summed E-state index contributed by atoms with van der Waals surface area (Å²) in [5, 5.41) is 0. The van der Waals surface area contributed by atoms with Crippen molar-refractivity contribution in [1.82, 2.24) is 4.98 Å². The zero-order chi connectivity index (χ0) is 13.9. The lowest BCUT2D eigenvalue weighted by Crippen LogP contribution is -2.36. The molecule has 0 amide bonds. The van der Waals surface area contributed by atoms with Gasteiger partial charge in [0.2, 0.25) is 0 Å². The molecule has 0 unspecified atom stereocenters. The second-order valence-electron chi connectivity index (χ2n) is 5.28. The standard InChI is InChI=1S/C15H20N4O/c1-20-13-2-3-15(18-10-13)19-6-4-11(5-7-19)14-8-12(16)9-17-14/h2-3,8,10-11H,4-7,9,16H2,1H3. The van der Waals surface area contributed by atoms with Crippen LogP contribution in [-0.2, 0) is 0 Å². The van der Waals surface area contributed by atoms with E-state index in [0.717, 1.165) is 43.2 Å². The van der Waals surface area contributed by atoms with Gasteiger partial charge in [-0.15, -0.1) is 0 Å². The van der Waals surface area contributed by atoms with E-state index in [4.69, 9.17) is 10.5 Å². The smallest absolute Gasteiger partial charge is 0.137 e. The van der Waals surface area contributed by atoms with E-state index in [-0.39, 0.29) is 0 Å². The van der Waals surface area contributed by atoms with E-state index in [1.54, 1.807) is 13.3 Å². The lowest BCUT2D eigenvalue weighted by atomic mass is 9.92. The number of methoxy groups -OCH3 is 1. The van der Waals surface area contributed by atoms with Crippen molar-refractivity contribution in [3.05, 3.63) is 30.1 Å². The third-order valence-corrected chi connectivity index (χ3v) is 3.97. The van der Waals surface area contributed by atoms with Crippen LogP contribution < -0.4 is 15.4 Å². The molecule has 1 aromatic rings. The van der Waals surface area contributed by atoms with Gasteiger partial charge in [0, 0.05) is 30.4 Å². The second kappa shape index (κ2) is 5.53. The Bertz CT molecular complexity index is 527. The first kappa shape index (κ1) is 13.0. The summed E-state index contributed by atoms with van der Waals surface area (Å²) in [4.78, 5) is 11.3. The fourth-order valence-corrected chi connectivity index (χ4v) is 2.80. The molecular weight excluding hydrogens is 252 g/mol. The largest absolute Gasteiger partial charge is 0.495 e. The number of nitrogens with two attached hydrogens (primary N) is 1. The molecule has 106 valence electrons. The minimum absolute atomic E-state index is 0.547. The molecule has 2 N–H and O–H groups in total. The van der Waals surface area contributed by atoms with Gasteiger partial charge in [-0.3, -0.25) is 4.99 Å². The zero-order valence-electron chi connectivity index (χ0n) is 11.7. The lowest BCUT2D eigenvalue weighted by molar-refractivity contribution is 0.412. The molecule has 0 saturated carbocycles. The average molecular weight is 272 g/mol. The van der Waals surface area contributed by atoms with Crippen LogP contribution in [0, 0.1) is 5.92 Å². The van der Waals surface area contributed by atoms with Gasteiger partial charge in [-0.05, 0) is 31.1 Å². The maximum atomic E-state index is 5.79. The average Bonchev–Trinajstić information content (AvgIpc) is 2.94. The summed E-state index contributed by atoms with van der Waals surface area (Å²) in [7, 11) is 1.66. The van der Waals surface area contributed by atoms with Crippen molar-refractivity contribution in [1.29, 1.82) is 0 Å². The van der Waals surface area contributed by atoms with Crippen molar-refractivity contribution in [2.45, 2.75) is 12.8 Å². The van der Waals surface area contributed by atoms with Crippen LogP contribution in [0.4, 0.5) is 5.82 Å². The highest BCUT2D eigenvalue weighted by Gasteiger charge is 2.24. The van der Waals surface area contributed by atoms with Gasteiger partial charge in [0.1, 0.15) is 11.6 Å². The number of hydrogen-bond donors (Lipinski definition) is 1. The minimum atomic E-state index is 0.547. The molecule has 0 aromatic carbocycles. The highest BCUT2D eigenvalue weighted by molar-refractivity contribution is 5.99. The molecule has 5 nitrogen and oxygen atoms in total. The van der Waals surface area contributed by atoms with E-state index < -0.39 is 0 Å². The van der Waals surface area contributed by atoms with E-state index in [0.29, 0.717) is 12.5 Å². The summed E-state index contributed by atoms with van der Waals surface area (Å²) >= 11 is 0. The zero-order valence-corrected chi connectivity index (χ0v) is 11.7. The van der Waals surface area contributed by atoms with Crippen molar-refractivity contribution in [3.8, 4) is 5.75 Å². The van der Waals surface area contributed by atoms with Crippen molar-refractivity contribution in [2.75, 3.05) is 31.6 Å². The number of hydrogen-bond acceptors (Lipinski definition) is 5. The molecule has 1 saturated heterocycles. The van der Waals surface area contributed by atoms with Crippen LogP contribution in [0.1, 0.15) is 12.8 Å². The van der Waals surface area contributed by atoms with Crippen molar-refractivity contribution in [2.24, 2.45) is 16.6 Å². The van der Waals surface area contributed by atoms with E-state index in [1.165, 1.54) is 5.71 Å². The normalized spacial score (nSPS) is 19.8. The summed E-state index contributed by atoms with van der Waals surface area (Å²) in [5.41, 5.74) is 7.86. The van der Waals surface area contributed by atoms with Crippen LogP contribution in [0.2, 0.25) is 0 Å². The Hall–Kier alpha value is -2.04. The Morgan fingerprint density at radius 3 is 2.65 bits per heavy atom. The molecular formula is C15H20N4O. The Balaban J connectivity index is 1.60. The van der Waals surface area contributed by atoms with Crippen molar-refractivity contribution in [3.63, 3.8) is 0 Å². The van der Waals surface area contributed by atoms with Gasteiger partial charge in [0.25, 0.3) is 0 Å². The number of allylic oxidation sites excluding steroid dienone is 1. The molecule has 5 heteroatoms. The van der Waals surface area contributed by atoms with Crippen molar-refractivity contribution < 1.29 is 4.74 Å². The Kier molecular flexibility index (Phi) is 3.58. The van der Waals surface area contributed by atoms with Crippen LogP contribution in [0.5, 0.6) is 5.75 Å². The summed E-state index contributed by atoms with van der Waals surface area (Å²) in [6, 6.07) is 3.98. The fraction of sp³-hybridized carbons (Fsp3) is 0.467. The first-order chi connectivity index (χ1) is 9.76. The number of nitrogens with zero attached hydrogens (tertiary/aromatic N) is 3. The summed E-state index contributed by atoms with van der Waals surface area (Å²) in [6.45, 7) is 2.70. The molecule has 0 aliphatic carbocycles. The number of anilines is 1. The van der Waals surface area contributed by atoms with E-state index in [2.05, 4.69) is 14.9 Å². The first-order valence-electron chi connectivity index (χ1n) is 7.01. The van der Waals surface area contributed by atoms with Crippen LogP contribution in [0.25, 0.3) is 0 Å². The number of aromatic nitrogens is 1. The predicted molar refractivity (Wildman–Crippen MR) is 80.3 cm³/mol. The molecule has 3 rings (SSSR count).